The van der Waals surface area contributed by atoms with Gasteiger partial charge in [-0.15, -0.1) is 5.10 Å². The number of aromatic nitrogens is 3. The first kappa shape index (κ1) is 16.1. The summed E-state index contributed by atoms with van der Waals surface area (Å²) in [4.78, 5) is 12.3. The van der Waals surface area contributed by atoms with Crippen LogP contribution in [-0.4, -0.2) is 32.8 Å². The van der Waals surface area contributed by atoms with E-state index in [9.17, 15) is 9.90 Å². The van der Waals surface area contributed by atoms with Gasteiger partial charge in [-0.3, -0.25) is 4.79 Å². The summed E-state index contributed by atoms with van der Waals surface area (Å²) >= 11 is 0. The molecule has 6 heteroatoms. The van der Waals surface area contributed by atoms with Gasteiger partial charge in [0.15, 0.2) is 0 Å². The van der Waals surface area contributed by atoms with E-state index >= 15 is 0 Å². The summed E-state index contributed by atoms with van der Waals surface area (Å²) in [5.41, 5.74) is 2.43. The van der Waals surface area contributed by atoms with E-state index in [1.54, 1.807) is 24.3 Å². The van der Waals surface area contributed by atoms with Crippen molar-refractivity contribution in [2.45, 2.75) is 26.5 Å². The van der Waals surface area contributed by atoms with Crippen LogP contribution in [0.1, 0.15) is 11.1 Å². The number of benzene rings is 2. The van der Waals surface area contributed by atoms with Crippen LogP contribution in [0.4, 0.5) is 0 Å². The molecule has 0 fully saturated rings. The molecule has 0 amide bonds. The topological polar surface area (TPSA) is 77.2 Å². The molecule has 0 saturated carbocycles. The van der Waals surface area contributed by atoms with Crippen molar-refractivity contribution in [3.05, 3.63) is 63.9 Å². The molecule has 124 valence electrons. The Balaban J connectivity index is 1.70. The fourth-order valence-corrected chi connectivity index (χ4v) is 2.54. The van der Waals surface area contributed by atoms with Crippen molar-refractivity contribution in [2.24, 2.45) is 0 Å². The lowest BCUT2D eigenvalue weighted by Crippen LogP contribution is -2.32. The molecule has 1 aromatic heterocycles. The fourth-order valence-electron chi connectivity index (χ4n) is 2.54. The monoisotopic (exact) mass is 325 g/mol. The largest absolute Gasteiger partial charge is 0.491 e. The molecule has 0 aliphatic heterocycles. The summed E-state index contributed by atoms with van der Waals surface area (Å²) in [6.07, 6.45) is -0.862. The highest BCUT2D eigenvalue weighted by atomic mass is 16.5. The molecule has 0 saturated heterocycles. The Labute approximate surface area is 139 Å². The zero-order valence-corrected chi connectivity index (χ0v) is 13.6. The Morgan fingerprint density at radius 1 is 1.21 bits per heavy atom. The van der Waals surface area contributed by atoms with Crippen LogP contribution in [0.5, 0.6) is 5.75 Å². The summed E-state index contributed by atoms with van der Waals surface area (Å²) in [5, 5.41) is 18.5. The molecule has 1 N–H and O–H groups in total. The molecule has 6 nitrogen and oxygen atoms in total. The standard InChI is InChI=1S/C18H19N3O3/c1-12-7-8-17(13(2)9-12)24-11-14(22)10-21-18(23)15-5-3-4-6-16(15)19-20-21/h3-9,14,22H,10-11H2,1-2H3. The molecule has 1 unspecified atom stereocenters. The second-order valence-corrected chi connectivity index (χ2v) is 5.83. The summed E-state index contributed by atoms with van der Waals surface area (Å²) < 4.78 is 6.80. The smallest absolute Gasteiger partial charge is 0.277 e. The number of hydrogen-bond acceptors (Lipinski definition) is 5. The van der Waals surface area contributed by atoms with Gasteiger partial charge in [0.05, 0.1) is 11.9 Å². The minimum absolute atomic E-state index is 0.0293. The lowest BCUT2D eigenvalue weighted by atomic mass is 10.1. The van der Waals surface area contributed by atoms with E-state index in [0.717, 1.165) is 16.9 Å². The van der Waals surface area contributed by atoms with Gasteiger partial charge in [-0.2, -0.15) is 0 Å². The minimum atomic E-state index is -0.862. The van der Waals surface area contributed by atoms with Crippen LogP contribution in [0, 0.1) is 13.8 Å². The lowest BCUT2D eigenvalue weighted by Gasteiger charge is -2.14. The first-order valence-electron chi connectivity index (χ1n) is 7.75. The van der Waals surface area contributed by atoms with Gasteiger partial charge < -0.3 is 9.84 Å². The molecule has 0 radical (unpaired) electrons. The first-order valence-corrected chi connectivity index (χ1v) is 7.75. The zero-order chi connectivity index (χ0) is 17.1. The molecular formula is C18H19N3O3. The lowest BCUT2D eigenvalue weighted by molar-refractivity contribution is 0.0870. The van der Waals surface area contributed by atoms with Gasteiger partial charge in [-0.1, -0.05) is 35.0 Å². The molecule has 1 heterocycles. The quantitative estimate of drug-likeness (QED) is 0.774. The van der Waals surface area contributed by atoms with Crippen LogP contribution >= 0.6 is 0 Å². The number of aryl methyl sites for hydroxylation is 2. The number of aliphatic hydroxyl groups is 1. The van der Waals surface area contributed by atoms with E-state index < -0.39 is 6.10 Å². The maximum atomic E-state index is 12.3. The summed E-state index contributed by atoms with van der Waals surface area (Å²) in [7, 11) is 0. The van der Waals surface area contributed by atoms with E-state index in [1.165, 1.54) is 4.68 Å². The van der Waals surface area contributed by atoms with Gasteiger partial charge in [0.25, 0.3) is 5.56 Å². The Kier molecular flexibility index (Phi) is 4.57. The molecule has 0 aliphatic rings. The van der Waals surface area contributed by atoms with Gasteiger partial charge in [-0.25, -0.2) is 4.68 Å². The van der Waals surface area contributed by atoms with Gasteiger partial charge in [0.1, 0.15) is 24.0 Å². The first-order chi connectivity index (χ1) is 11.5. The molecule has 0 spiro atoms. The predicted molar refractivity (Wildman–Crippen MR) is 91.2 cm³/mol. The second-order valence-electron chi connectivity index (χ2n) is 5.83. The Hall–Kier alpha value is -2.73. The van der Waals surface area contributed by atoms with Crippen molar-refractivity contribution in [3.8, 4) is 5.75 Å². The maximum Gasteiger partial charge on any atom is 0.277 e. The van der Waals surface area contributed by atoms with Crippen LogP contribution < -0.4 is 10.3 Å². The molecule has 0 bridgehead atoms. The third-order valence-electron chi connectivity index (χ3n) is 3.77. The van der Waals surface area contributed by atoms with E-state index in [0.29, 0.717) is 10.9 Å². The average Bonchev–Trinajstić information content (AvgIpc) is 2.57. The number of fused-ring (bicyclic) bond motifs is 1. The third kappa shape index (κ3) is 3.44. The highest BCUT2D eigenvalue weighted by Gasteiger charge is 2.12. The molecule has 24 heavy (non-hydrogen) atoms. The molecule has 1 atom stereocenters. The molecule has 3 aromatic rings. The molecule has 2 aromatic carbocycles. The van der Waals surface area contributed by atoms with Crippen molar-refractivity contribution in [3.63, 3.8) is 0 Å². The van der Waals surface area contributed by atoms with Crippen molar-refractivity contribution < 1.29 is 9.84 Å². The average molecular weight is 325 g/mol. The summed E-state index contributed by atoms with van der Waals surface area (Å²) in [6.45, 7) is 4.07. The van der Waals surface area contributed by atoms with E-state index in [2.05, 4.69) is 10.3 Å². The molecular weight excluding hydrogens is 306 g/mol. The van der Waals surface area contributed by atoms with Crippen molar-refractivity contribution in [1.29, 1.82) is 0 Å². The SMILES string of the molecule is Cc1ccc(OCC(O)Cn2nnc3ccccc3c2=O)c(C)c1. The highest BCUT2D eigenvalue weighted by molar-refractivity contribution is 5.76. The van der Waals surface area contributed by atoms with Crippen LogP contribution in [0.15, 0.2) is 47.3 Å². The third-order valence-corrected chi connectivity index (χ3v) is 3.77. The fraction of sp³-hybridized carbons (Fsp3) is 0.278. The maximum absolute atomic E-state index is 12.3. The second kappa shape index (κ2) is 6.80. The Morgan fingerprint density at radius 2 is 2.00 bits per heavy atom. The molecule has 0 aliphatic carbocycles. The van der Waals surface area contributed by atoms with Crippen molar-refractivity contribution in [2.75, 3.05) is 6.61 Å². The van der Waals surface area contributed by atoms with Gasteiger partial charge >= 0.3 is 0 Å². The Bertz CT molecular complexity index is 921. The van der Waals surface area contributed by atoms with Crippen LogP contribution in [-0.2, 0) is 6.54 Å². The Morgan fingerprint density at radius 3 is 2.79 bits per heavy atom. The van der Waals surface area contributed by atoms with Crippen LogP contribution in [0.3, 0.4) is 0 Å². The minimum Gasteiger partial charge on any atom is -0.491 e. The number of rotatable bonds is 5. The van der Waals surface area contributed by atoms with Gasteiger partial charge in [0.2, 0.25) is 0 Å². The van der Waals surface area contributed by atoms with Gasteiger partial charge in [0, 0.05) is 0 Å². The predicted octanol–water partition coefficient (Wildman–Crippen LogP) is 1.85. The van der Waals surface area contributed by atoms with E-state index in [4.69, 9.17) is 4.74 Å². The summed E-state index contributed by atoms with van der Waals surface area (Å²) in [6, 6.07) is 12.8. The van der Waals surface area contributed by atoms with E-state index in [1.807, 2.05) is 32.0 Å². The van der Waals surface area contributed by atoms with Crippen LogP contribution in [0.2, 0.25) is 0 Å². The number of nitrogens with zero attached hydrogens (tertiary/aromatic N) is 3. The summed E-state index contributed by atoms with van der Waals surface area (Å²) in [5.74, 6) is 0.719. The normalized spacial score (nSPS) is 12.3. The van der Waals surface area contributed by atoms with Crippen molar-refractivity contribution in [1.82, 2.24) is 15.0 Å². The zero-order valence-electron chi connectivity index (χ0n) is 13.6. The number of aliphatic hydroxyl groups excluding tert-OH is 1. The van der Waals surface area contributed by atoms with E-state index in [-0.39, 0.29) is 18.7 Å². The van der Waals surface area contributed by atoms with Crippen LogP contribution in [0.25, 0.3) is 10.9 Å². The number of hydrogen-bond donors (Lipinski definition) is 1. The molecule has 3 rings (SSSR count). The van der Waals surface area contributed by atoms with Gasteiger partial charge in [-0.05, 0) is 37.6 Å². The number of ether oxygens (including phenoxy) is 1. The van der Waals surface area contributed by atoms with Crippen molar-refractivity contribution >= 4 is 10.9 Å². The highest BCUT2D eigenvalue weighted by Crippen LogP contribution is 2.18.